The number of nitrogens with zero attached hydrogens (tertiary/aromatic N) is 7. The van der Waals surface area contributed by atoms with E-state index in [1.165, 1.54) is 0 Å². The number of aromatic nitrogens is 5. The molecule has 136 valence electrons. The monoisotopic (exact) mass is 353 g/mol. The van der Waals surface area contributed by atoms with E-state index in [9.17, 15) is 4.79 Å². The van der Waals surface area contributed by atoms with Crippen LogP contribution in [0.2, 0.25) is 0 Å². The highest BCUT2D eigenvalue weighted by atomic mass is 16.2. The van der Waals surface area contributed by atoms with Crippen molar-refractivity contribution in [3.05, 3.63) is 42.0 Å². The van der Waals surface area contributed by atoms with Crippen LogP contribution in [0.5, 0.6) is 0 Å². The van der Waals surface area contributed by atoms with Crippen LogP contribution in [-0.2, 0) is 7.05 Å². The molecule has 0 N–H and O–H groups in total. The molecule has 4 heterocycles. The highest BCUT2D eigenvalue weighted by Crippen LogP contribution is 2.24. The molecule has 0 radical (unpaired) electrons. The third-order valence-corrected chi connectivity index (χ3v) is 5.06. The van der Waals surface area contributed by atoms with E-state index in [4.69, 9.17) is 0 Å². The Morgan fingerprint density at radius 1 is 1.27 bits per heavy atom. The van der Waals surface area contributed by atoms with Crippen molar-refractivity contribution in [3.8, 4) is 0 Å². The number of piperidine rings is 1. The smallest absolute Gasteiger partial charge is 0.274 e. The number of rotatable bonds is 3. The van der Waals surface area contributed by atoms with Crippen molar-refractivity contribution in [1.82, 2.24) is 29.3 Å². The number of amides is 1. The maximum atomic E-state index is 12.6. The molecule has 3 aromatic heterocycles. The number of aryl methyl sites for hydroxylation is 2. The molecule has 1 saturated heterocycles. The van der Waals surface area contributed by atoms with Crippen LogP contribution in [0.3, 0.4) is 0 Å². The first-order chi connectivity index (χ1) is 12.5. The van der Waals surface area contributed by atoms with Gasteiger partial charge >= 0.3 is 0 Å². The molecule has 1 aliphatic heterocycles. The molecule has 0 saturated carbocycles. The van der Waals surface area contributed by atoms with Gasteiger partial charge in [0.25, 0.3) is 5.91 Å². The highest BCUT2D eigenvalue weighted by molar-refractivity contribution is 5.92. The molecular formula is C18H23N7O. The van der Waals surface area contributed by atoms with Gasteiger partial charge in [0.1, 0.15) is 11.5 Å². The summed E-state index contributed by atoms with van der Waals surface area (Å²) in [6, 6.07) is 5.98. The van der Waals surface area contributed by atoms with Crippen molar-refractivity contribution in [2.45, 2.75) is 25.8 Å². The number of fused-ring (bicyclic) bond motifs is 1. The lowest BCUT2D eigenvalue weighted by atomic mass is 10.0. The second kappa shape index (κ2) is 6.44. The number of hydrogen-bond donors (Lipinski definition) is 0. The van der Waals surface area contributed by atoms with E-state index in [1.807, 2.05) is 36.5 Å². The lowest BCUT2D eigenvalue weighted by Crippen LogP contribution is -2.46. The Bertz CT molecular complexity index is 936. The van der Waals surface area contributed by atoms with E-state index >= 15 is 0 Å². The van der Waals surface area contributed by atoms with Gasteiger partial charge in [0, 0.05) is 57.3 Å². The third kappa shape index (κ3) is 2.91. The largest absolute Gasteiger partial charge is 0.356 e. The fourth-order valence-corrected chi connectivity index (χ4v) is 3.60. The van der Waals surface area contributed by atoms with Crippen LogP contribution >= 0.6 is 0 Å². The topological polar surface area (TPSA) is 71.6 Å². The van der Waals surface area contributed by atoms with E-state index in [-0.39, 0.29) is 11.9 Å². The fraction of sp³-hybridized carbons (Fsp3) is 0.444. The number of carbonyl (C=O) groups excluding carboxylic acids is 1. The summed E-state index contributed by atoms with van der Waals surface area (Å²) >= 11 is 0. The molecule has 0 atom stereocenters. The van der Waals surface area contributed by atoms with E-state index in [0.29, 0.717) is 5.69 Å². The van der Waals surface area contributed by atoms with Crippen molar-refractivity contribution in [3.63, 3.8) is 0 Å². The van der Waals surface area contributed by atoms with Crippen molar-refractivity contribution >= 4 is 17.4 Å². The van der Waals surface area contributed by atoms with Crippen LogP contribution in [0.4, 0.5) is 5.82 Å². The minimum Gasteiger partial charge on any atom is -0.356 e. The summed E-state index contributed by atoms with van der Waals surface area (Å²) < 4.78 is 3.54. The SMILES string of the molecule is Cc1cc(N2CCC(N(C)C(=O)c3ccn(C)n3)CC2)n2nccc2n1. The molecule has 1 aliphatic rings. The zero-order chi connectivity index (χ0) is 18.3. The minimum atomic E-state index is -0.0155. The average molecular weight is 353 g/mol. The highest BCUT2D eigenvalue weighted by Gasteiger charge is 2.28. The Hall–Kier alpha value is -2.90. The summed E-state index contributed by atoms with van der Waals surface area (Å²) in [6.45, 7) is 3.76. The maximum Gasteiger partial charge on any atom is 0.274 e. The lowest BCUT2D eigenvalue weighted by Gasteiger charge is -2.37. The zero-order valence-electron chi connectivity index (χ0n) is 15.3. The van der Waals surface area contributed by atoms with Gasteiger partial charge in [0.05, 0.1) is 6.20 Å². The molecular weight excluding hydrogens is 330 g/mol. The van der Waals surface area contributed by atoms with Gasteiger partial charge in [-0.25, -0.2) is 4.98 Å². The Morgan fingerprint density at radius 3 is 2.73 bits per heavy atom. The summed E-state index contributed by atoms with van der Waals surface area (Å²) in [6.07, 6.45) is 5.40. The molecule has 3 aromatic rings. The van der Waals surface area contributed by atoms with E-state index in [2.05, 4.69) is 26.1 Å². The van der Waals surface area contributed by atoms with Crippen LogP contribution in [0.15, 0.2) is 30.6 Å². The Balaban J connectivity index is 1.47. The minimum absolute atomic E-state index is 0.0155. The predicted octanol–water partition coefficient (Wildman–Crippen LogP) is 1.51. The number of carbonyl (C=O) groups is 1. The van der Waals surface area contributed by atoms with Gasteiger partial charge in [0.15, 0.2) is 5.65 Å². The van der Waals surface area contributed by atoms with Crippen LogP contribution in [0.1, 0.15) is 29.0 Å². The van der Waals surface area contributed by atoms with Crippen molar-refractivity contribution < 1.29 is 4.79 Å². The van der Waals surface area contributed by atoms with Crippen LogP contribution < -0.4 is 4.90 Å². The first-order valence-electron chi connectivity index (χ1n) is 8.86. The molecule has 0 aromatic carbocycles. The van der Waals surface area contributed by atoms with E-state index in [0.717, 1.165) is 43.1 Å². The molecule has 1 fully saturated rings. The molecule has 8 heteroatoms. The van der Waals surface area contributed by atoms with E-state index in [1.54, 1.807) is 23.1 Å². The standard InChI is InChI=1S/C18H23N7O/c1-13-12-17(25-16(20-13)4-8-19-25)24-10-5-14(6-11-24)23(3)18(26)15-7-9-22(2)21-15/h4,7-9,12,14H,5-6,10-11H2,1-3H3. The van der Waals surface area contributed by atoms with E-state index < -0.39 is 0 Å². The maximum absolute atomic E-state index is 12.6. The summed E-state index contributed by atoms with van der Waals surface area (Å²) in [5, 5.41) is 8.62. The second-order valence-corrected chi connectivity index (χ2v) is 6.87. The molecule has 0 spiro atoms. The van der Waals surface area contributed by atoms with Crippen LogP contribution in [0, 0.1) is 6.92 Å². The van der Waals surface area contributed by atoms with Crippen LogP contribution in [-0.4, -0.2) is 61.4 Å². The van der Waals surface area contributed by atoms with Gasteiger partial charge in [-0.15, -0.1) is 0 Å². The summed E-state index contributed by atoms with van der Waals surface area (Å²) in [5.74, 6) is 1.05. The van der Waals surface area contributed by atoms with Crippen LogP contribution in [0.25, 0.3) is 5.65 Å². The van der Waals surface area contributed by atoms with Crippen molar-refractivity contribution in [2.75, 3.05) is 25.0 Å². The molecule has 26 heavy (non-hydrogen) atoms. The molecule has 1 amide bonds. The second-order valence-electron chi connectivity index (χ2n) is 6.87. The van der Waals surface area contributed by atoms with Gasteiger partial charge < -0.3 is 9.80 Å². The summed E-state index contributed by atoms with van der Waals surface area (Å²) in [4.78, 5) is 21.3. The first kappa shape index (κ1) is 16.6. The molecule has 4 rings (SSSR count). The first-order valence-corrected chi connectivity index (χ1v) is 8.86. The summed E-state index contributed by atoms with van der Waals surface area (Å²) in [7, 11) is 3.70. The van der Waals surface area contributed by atoms with Gasteiger partial charge in [-0.2, -0.15) is 14.7 Å². The normalized spacial score (nSPS) is 15.6. The Kier molecular flexibility index (Phi) is 4.10. The third-order valence-electron chi connectivity index (χ3n) is 5.06. The number of anilines is 1. The molecule has 8 nitrogen and oxygen atoms in total. The summed E-state index contributed by atoms with van der Waals surface area (Å²) in [5.41, 5.74) is 2.35. The van der Waals surface area contributed by atoms with Gasteiger partial charge in [-0.3, -0.25) is 9.48 Å². The molecule has 0 unspecified atom stereocenters. The molecule has 0 aliphatic carbocycles. The van der Waals surface area contributed by atoms with Crippen molar-refractivity contribution in [1.29, 1.82) is 0 Å². The quantitative estimate of drug-likeness (QED) is 0.714. The molecule has 0 bridgehead atoms. The number of hydrogen-bond acceptors (Lipinski definition) is 5. The average Bonchev–Trinajstić information content (AvgIpc) is 3.28. The van der Waals surface area contributed by atoms with Crippen molar-refractivity contribution in [2.24, 2.45) is 7.05 Å². The van der Waals surface area contributed by atoms with Gasteiger partial charge in [-0.05, 0) is 25.8 Å². The zero-order valence-corrected chi connectivity index (χ0v) is 15.3. The Labute approximate surface area is 152 Å². The van der Waals surface area contributed by atoms with Gasteiger partial charge in [0.2, 0.25) is 0 Å². The van der Waals surface area contributed by atoms with Gasteiger partial charge in [-0.1, -0.05) is 0 Å². The predicted molar refractivity (Wildman–Crippen MR) is 98.3 cm³/mol. The lowest BCUT2D eigenvalue weighted by molar-refractivity contribution is 0.0702. The Morgan fingerprint density at radius 2 is 2.04 bits per heavy atom. The fourth-order valence-electron chi connectivity index (χ4n) is 3.60.